The maximum absolute atomic E-state index is 14.4. The maximum Gasteiger partial charge on any atom is 0.410 e. The first-order chi connectivity index (χ1) is 25.1. The van der Waals surface area contributed by atoms with E-state index in [1.807, 2.05) is 18.2 Å². The van der Waals surface area contributed by atoms with E-state index >= 15 is 0 Å². The fourth-order valence-corrected chi connectivity index (χ4v) is 8.63. The molecule has 1 aromatic rings. The molecule has 0 radical (unpaired) electrons. The lowest BCUT2D eigenvalue weighted by Gasteiger charge is -2.35. The van der Waals surface area contributed by atoms with E-state index in [-0.39, 0.29) is 26.0 Å². The van der Waals surface area contributed by atoms with Crippen LogP contribution < -0.4 is 20.1 Å². The molecule has 15 nitrogen and oxygen atoms in total. The molecule has 3 fully saturated rings. The number of hydrogen-bond acceptors (Lipinski definition) is 10. The molecule has 0 aromatic heterocycles. The first-order valence-electron chi connectivity index (χ1n) is 18.6. The van der Waals surface area contributed by atoms with Gasteiger partial charge in [-0.25, -0.2) is 18.0 Å². The van der Waals surface area contributed by atoms with Gasteiger partial charge in [0.15, 0.2) is 0 Å². The van der Waals surface area contributed by atoms with Gasteiger partial charge in [0.1, 0.15) is 29.5 Å². The molecule has 6 rings (SSSR count). The molecule has 0 spiro atoms. The molecule has 5 bridgehead atoms. The van der Waals surface area contributed by atoms with Crippen LogP contribution in [0.1, 0.15) is 89.7 Å². The molecule has 5 atom stereocenters. The SMILES string of the molecule is C=C[C@H]1C[C@@]1(NC(=O)C1C[C@@H]2CN1C(=O)[C@H](C(C)(C)C)NC(=O)OCCCCCCCOc1ccc3c(c1)CN(C3)C(=O)O2)C(=O)NS(=O)(=O)C1CC1. The summed E-state index contributed by atoms with van der Waals surface area (Å²) < 4.78 is 44.8. The van der Waals surface area contributed by atoms with Crippen molar-refractivity contribution in [3.05, 3.63) is 42.0 Å². The standard InChI is InChI=1S/C37H51N5O10S/c1-5-25-19-37(25,33(45)40-53(48,49)28-13-14-28)39-31(43)29-18-27-22-42(29)32(44)30(36(2,3)4)38-34(46)51-16-10-8-6-7-9-15-50-26-12-11-23-20-41(35(47)52-27)21-24(23)17-26/h5,11-12,17,25,27-30H,1,6-10,13-16,18-22H2,2-4H3,(H,38,46)(H,39,43)(H,40,45)/t25-,27+,29?,30+,37-/m0/s1. The summed E-state index contributed by atoms with van der Waals surface area (Å²) in [5.74, 6) is -2.02. The van der Waals surface area contributed by atoms with Crippen LogP contribution in [0.3, 0.4) is 0 Å². The smallest absolute Gasteiger partial charge is 0.410 e. The van der Waals surface area contributed by atoms with Gasteiger partial charge in [-0.15, -0.1) is 6.58 Å². The minimum absolute atomic E-state index is 0.0970. The Morgan fingerprint density at radius 2 is 1.68 bits per heavy atom. The zero-order chi connectivity index (χ0) is 38.1. The third-order valence-electron chi connectivity index (χ3n) is 10.7. The van der Waals surface area contributed by atoms with Gasteiger partial charge in [0.05, 0.1) is 25.0 Å². The van der Waals surface area contributed by atoms with E-state index in [0.29, 0.717) is 39.0 Å². The lowest BCUT2D eigenvalue weighted by molar-refractivity contribution is -0.142. The average Bonchev–Trinajstić information content (AvgIpc) is 3.99. The zero-order valence-electron chi connectivity index (χ0n) is 30.7. The third kappa shape index (κ3) is 8.73. The maximum atomic E-state index is 14.4. The van der Waals surface area contributed by atoms with E-state index in [1.54, 1.807) is 20.8 Å². The Balaban J connectivity index is 1.24. The largest absolute Gasteiger partial charge is 0.494 e. The van der Waals surface area contributed by atoms with Gasteiger partial charge in [0.2, 0.25) is 21.8 Å². The van der Waals surface area contributed by atoms with E-state index < -0.39 is 80.2 Å². The highest BCUT2D eigenvalue weighted by Gasteiger charge is 2.62. The van der Waals surface area contributed by atoms with Crippen molar-refractivity contribution in [1.29, 1.82) is 0 Å². The lowest BCUT2D eigenvalue weighted by Crippen LogP contribution is -2.60. The normalized spacial score (nSPS) is 28.6. The number of sulfonamides is 1. The zero-order valence-corrected chi connectivity index (χ0v) is 31.5. The summed E-state index contributed by atoms with van der Waals surface area (Å²) in [6, 6.07) is 3.39. The second kappa shape index (κ2) is 15.2. The molecule has 3 aliphatic heterocycles. The number of nitrogens with zero attached hydrogens (tertiary/aromatic N) is 2. The van der Waals surface area contributed by atoms with Gasteiger partial charge in [0.25, 0.3) is 5.91 Å². The molecule has 1 unspecified atom stereocenters. The van der Waals surface area contributed by atoms with Crippen molar-refractivity contribution in [3.63, 3.8) is 0 Å². The van der Waals surface area contributed by atoms with Gasteiger partial charge in [-0.2, -0.15) is 0 Å². The molecule has 3 N–H and O–H groups in total. The average molecular weight is 758 g/mol. The fraction of sp³-hybridized carbons (Fsp3) is 0.649. The predicted octanol–water partition coefficient (Wildman–Crippen LogP) is 3.26. The van der Waals surface area contributed by atoms with E-state index in [9.17, 15) is 32.4 Å². The van der Waals surface area contributed by atoms with Gasteiger partial charge in [-0.3, -0.25) is 24.0 Å². The molecule has 53 heavy (non-hydrogen) atoms. The summed E-state index contributed by atoms with van der Waals surface area (Å²) in [4.78, 5) is 71.3. The van der Waals surface area contributed by atoms with Gasteiger partial charge in [-0.1, -0.05) is 52.2 Å². The number of nitrogens with one attached hydrogen (secondary N) is 3. The van der Waals surface area contributed by atoms with Gasteiger partial charge in [-0.05, 0) is 60.8 Å². The summed E-state index contributed by atoms with van der Waals surface area (Å²) in [5.41, 5.74) is -0.511. The second-order valence-electron chi connectivity index (χ2n) is 15.9. The van der Waals surface area contributed by atoms with Crippen molar-refractivity contribution in [1.82, 2.24) is 25.2 Å². The van der Waals surface area contributed by atoms with Crippen LogP contribution in [-0.4, -0.2) is 96.9 Å². The van der Waals surface area contributed by atoms with Crippen LogP contribution in [0.5, 0.6) is 5.75 Å². The highest BCUT2D eigenvalue weighted by molar-refractivity contribution is 7.91. The molecule has 5 aliphatic rings. The molecular weight excluding hydrogens is 706 g/mol. The summed E-state index contributed by atoms with van der Waals surface area (Å²) in [7, 11) is -3.91. The Morgan fingerprint density at radius 3 is 2.34 bits per heavy atom. The van der Waals surface area contributed by atoms with Crippen molar-refractivity contribution in [2.45, 2.75) is 121 Å². The van der Waals surface area contributed by atoms with E-state index in [2.05, 4.69) is 21.9 Å². The predicted molar refractivity (Wildman–Crippen MR) is 192 cm³/mol. The third-order valence-corrected chi connectivity index (χ3v) is 12.5. The minimum atomic E-state index is -3.91. The summed E-state index contributed by atoms with van der Waals surface area (Å²) in [5, 5.41) is 4.78. The molecule has 1 aromatic carbocycles. The molecular formula is C37H51N5O10S. The van der Waals surface area contributed by atoms with Gasteiger partial charge >= 0.3 is 12.2 Å². The topological polar surface area (TPSA) is 190 Å². The molecule has 1 saturated heterocycles. The Bertz CT molecular complexity index is 1740. The number of ether oxygens (including phenoxy) is 3. The molecule has 290 valence electrons. The molecule has 16 heteroatoms. The number of alkyl carbamates (subject to hydrolysis) is 1. The van der Waals surface area contributed by atoms with Crippen LogP contribution in [0.2, 0.25) is 0 Å². The first-order valence-corrected chi connectivity index (χ1v) is 20.1. The molecule has 2 saturated carbocycles. The van der Waals surface area contributed by atoms with Crippen molar-refractivity contribution < 1.29 is 46.6 Å². The second-order valence-corrected chi connectivity index (χ2v) is 17.9. The number of amides is 5. The number of hydrogen-bond donors (Lipinski definition) is 3. The summed E-state index contributed by atoms with van der Waals surface area (Å²) in [6.45, 7) is 10.2. The van der Waals surface area contributed by atoms with Crippen molar-refractivity contribution in [2.75, 3.05) is 19.8 Å². The van der Waals surface area contributed by atoms with E-state index in [1.165, 1.54) is 15.9 Å². The number of carbonyl (C=O) groups is 5. The number of rotatable bonds is 6. The minimum Gasteiger partial charge on any atom is -0.494 e. The van der Waals surface area contributed by atoms with Crippen LogP contribution in [0.4, 0.5) is 9.59 Å². The molecule has 3 heterocycles. The Kier molecular flexibility index (Phi) is 11.0. The Hall–Kier alpha value is -4.34. The van der Waals surface area contributed by atoms with Gasteiger partial charge in [0, 0.05) is 25.4 Å². The number of carbonyl (C=O) groups excluding carboxylic acids is 5. The highest BCUT2D eigenvalue weighted by Crippen LogP contribution is 2.45. The van der Waals surface area contributed by atoms with Crippen molar-refractivity contribution in [2.24, 2.45) is 11.3 Å². The molecule has 5 amide bonds. The van der Waals surface area contributed by atoms with E-state index in [0.717, 1.165) is 42.6 Å². The summed E-state index contributed by atoms with van der Waals surface area (Å²) >= 11 is 0. The number of benzene rings is 1. The lowest BCUT2D eigenvalue weighted by atomic mass is 9.85. The Morgan fingerprint density at radius 1 is 1.00 bits per heavy atom. The van der Waals surface area contributed by atoms with Crippen LogP contribution in [-0.2, 0) is 47.0 Å². The van der Waals surface area contributed by atoms with Gasteiger partial charge < -0.3 is 29.7 Å². The van der Waals surface area contributed by atoms with Crippen LogP contribution in [0, 0.1) is 11.3 Å². The highest BCUT2D eigenvalue weighted by atomic mass is 32.2. The number of cyclic esters (lactones) is 1. The van der Waals surface area contributed by atoms with Crippen LogP contribution >= 0.6 is 0 Å². The van der Waals surface area contributed by atoms with Crippen molar-refractivity contribution in [3.8, 4) is 5.75 Å². The molecule has 2 aliphatic carbocycles. The van der Waals surface area contributed by atoms with E-state index in [4.69, 9.17) is 14.2 Å². The Labute approximate surface area is 310 Å². The first kappa shape index (κ1) is 38.4. The summed E-state index contributed by atoms with van der Waals surface area (Å²) in [6.07, 6.45) is 4.34. The fourth-order valence-electron chi connectivity index (χ4n) is 7.26. The number of fused-ring (bicyclic) bond motifs is 4. The quantitative estimate of drug-likeness (QED) is 0.364. The van der Waals surface area contributed by atoms with Crippen LogP contribution in [0.15, 0.2) is 30.9 Å². The monoisotopic (exact) mass is 757 g/mol. The van der Waals surface area contributed by atoms with Crippen molar-refractivity contribution >= 4 is 39.9 Å². The van der Waals surface area contributed by atoms with Crippen LogP contribution in [0.25, 0.3) is 0 Å².